The molecule has 0 radical (unpaired) electrons. The van der Waals surface area contributed by atoms with Gasteiger partial charge in [0.1, 0.15) is 10.8 Å². The van der Waals surface area contributed by atoms with Crippen LogP contribution in [0.2, 0.25) is 0 Å². The van der Waals surface area contributed by atoms with Crippen molar-refractivity contribution in [3.63, 3.8) is 0 Å². The third-order valence-corrected chi connectivity index (χ3v) is 3.99. The number of nitrogens with one attached hydrogen (secondary N) is 1. The topological polar surface area (TPSA) is 107 Å². The fourth-order valence-electron chi connectivity index (χ4n) is 1.96. The van der Waals surface area contributed by atoms with Crippen LogP contribution < -0.4 is 5.32 Å². The standard InChI is InChI=1S/C16H14N4O4S/c1-10-5-13(20-24-10)19-14(21)8-23-15(22)6-12-9-25-16(18-12)11-3-2-4-17-7-11/h2-5,7,9H,6,8H2,1H3,(H,19,20,21). The minimum absolute atomic E-state index is 0.00683. The van der Waals surface area contributed by atoms with Crippen molar-refractivity contribution < 1.29 is 18.8 Å². The molecule has 9 heteroatoms. The molecule has 0 aromatic carbocycles. The molecule has 128 valence electrons. The molecule has 0 fully saturated rings. The summed E-state index contributed by atoms with van der Waals surface area (Å²) in [5, 5.41) is 8.64. The molecule has 1 amide bonds. The predicted octanol–water partition coefficient (Wildman–Crippen LogP) is 2.23. The minimum atomic E-state index is -0.533. The first-order valence-electron chi connectivity index (χ1n) is 7.34. The van der Waals surface area contributed by atoms with Gasteiger partial charge in [-0.1, -0.05) is 5.16 Å². The molecule has 0 unspecified atom stereocenters. The molecule has 0 aliphatic heterocycles. The Labute approximate surface area is 146 Å². The number of hydrogen-bond donors (Lipinski definition) is 1. The molecule has 0 atom stereocenters. The molecule has 25 heavy (non-hydrogen) atoms. The first kappa shape index (κ1) is 16.8. The number of esters is 1. The van der Waals surface area contributed by atoms with E-state index < -0.39 is 18.5 Å². The second-order valence-electron chi connectivity index (χ2n) is 5.09. The molecule has 0 saturated carbocycles. The van der Waals surface area contributed by atoms with Crippen LogP contribution in [0, 0.1) is 6.92 Å². The number of ether oxygens (including phenoxy) is 1. The Bertz CT molecular complexity index is 875. The van der Waals surface area contributed by atoms with Gasteiger partial charge in [-0.2, -0.15) is 0 Å². The number of pyridine rings is 1. The summed E-state index contributed by atoms with van der Waals surface area (Å²) in [4.78, 5) is 31.9. The van der Waals surface area contributed by atoms with Crippen LogP contribution in [0.5, 0.6) is 0 Å². The normalized spacial score (nSPS) is 10.4. The van der Waals surface area contributed by atoms with Crippen LogP contribution in [0.3, 0.4) is 0 Å². The van der Waals surface area contributed by atoms with Crippen molar-refractivity contribution in [1.82, 2.24) is 15.1 Å². The quantitative estimate of drug-likeness (QED) is 0.673. The highest BCUT2D eigenvalue weighted by Gasteiger charge is 2.13. The number of rotatable bonds is 6. The third-order valence-electron chi connectivity index (χ3n) is 3.05. The van der Waals surface area contributed by atoms with Gasteiger partial charge >= 0.3 is 5.97 Å². The molecule has 3 aromatic heterocycles. The van der Waals surface area contributed by atoms with Crippen LogP contribution in [0.15, 0.2) is 40.5 Å². The fourth-order valence-corrected chi connectivity index (χ4v) is 2.77. The molecule has 3 aromatic rings. The molecule has 0 spiro atoms. The summed E-state index contributed by atoms with van der Waals surface area (Å²) in [5.41, 5.74) is 1.47. The third kappa shape index (κ3) is 4.70. The molecule has 0 aliphatic carbocycles. The van der Waals surface area contributed by atoms with E-state index in [9.17, 15) is 9.59 Å². The molecule has 1 N–H and O–H groups in total. The number of anilines is 1. The average Bonchev–Trinajstić information content (AvgIpc) is 3.23. The number of aromatic nitrogens is 3. The van der Waals surface area contributed by atoms with Crippen LogP contribution in [0.25, 0.3) is 10.6 Å². The van der Waals surface area contributed by atoms with Crippen molar-refractivity contribution >= 4 is 29.0 Å². The Morgan fingerprint density at radius 3 is 3.00 bits per heavy atom. The van der Waals surface area contributed by atoms with Crippen molar-refractivity contribution in [2.45, 2.75) is 13.3 Å². The van der Waals surface area contributed by atoms with E-state index in [1.807, 2.05) is 12.1 Å². The molecular weight excluding hydrogens is 344 g/mol. The summed E-state index contributed by atoms with van der Waals surface area (Å²) in [7, 11) is 0. The number of carbonyl (C=O) groups is 2. The lowest BCUT2D eigenvalue weighted by molar-refractivity contribution is -0.146. The van der Waals surface area contributed by atoms with Crippen LogP contribution in [0.4, 0.5) is 5.82 Å². The maximum absolute atomic E-state index is 11.8. The molecule has 3 heterocycles. The monoisotopic (exact) mass is 358 g/mol. The van der Waals surface area contributed by atoms with Gasteiger partial charge in [0.15, 0.2) is 12.4 Å². The lowest BCUT2D eigenvalue weighted by atomic mass is 10.3. The largest absolute Gasteiger partial charge is 0.455 e. The zero-order chi connectivity index (χ0) is 17.6. The Balaban J connectivity index is 1.48. The smallest absolute Gasteiger partial charge is 0.312 e. The minimum Gasteiger partial charge on any atom is -0.455 e. The second-order valence-corrected chi connectivity index (χ2v) is 5.95. The first-order valence-corrected chi connectivity index (χ1v) is 8.22. The maximum atomic E-state index is 11.8. The van der Waals surface area contributed by atoms with Gasteiger partial charge in [0, 0.05) is 29.4 Å². The van der Waals surface area contributed by atoms with Gasteiger partial charge in [-0.25, -0.2) is 4.98 Å². The molecule has 3 rings (SSSR count). The Morgan fingerprint density at radius 2 is 2.28 bits per heavy atom. The fraction of sp³-hybridized carbons (Fsp3) is 0.188. The number of aryl methyl sites for hydroxylation is 1. The molecule has 0 aliphatic rings. The van der Waals surface area contributed by atoms with E-state index in [1.54, 1.807) is 30.8 Å². The molecule has 0 bridgehead atoms. The van der Waals surface area contributed by atoms with E-state index in [2.05, 4.69) is 20.4 Å². The number of carbonyl (C=O) groups excluding carboxylic acids is 2. The van der Waals surface area contributed by atoms with Crippen molar-refractivity contribution in [2.24, 2.45) is 0 Å². The van der Waals surface area contributed by atoms with Crippen LogP contribution in [-0.4, -0.2) is 33.6 Å². The lowest BCUT2D eigenvalue weighted by Crippen LogP contribution is -2.21. The number of amides is 1. The molecular formula is C16H14N4O4S. The molecule has 0 saturated heterocycles. The second kappa shape index (κ2) is 7.67. The Hall–Kier alpha value is -3.07. The Kier molecular flexibility index (Phi) is 5.14. The average molecular weight is 358 g/mol. The zero-order valence-electron chi connectivity index (χ0n) is 13.3. The predicted molar refractivity (Wildman–Crippen MR) is 89.9 cm³/mol. The van der Waals surface area contributed by atoms with E-state index in [0.29, 0.717) is 11.5 Å². The lowest BCUT2D eigenvalue weighted by Gasteiger charge is -2.03. The summed E-state index contributed by atoms with van der Waals surface area (Å²) in [5.74, 6) is -0.176. The van der Waals surface area contributed by atoms with Crippen LogP contribution in [-0.2, 0) is 20.7 Å². The molecule has 8 nitrogen and oxygen atoms in total. The van der Waals surface area contributed by atoms with Crippen LogP contribution in [0.1, 0.15) is 11.5 Å². The number of thiazole rings is 1. The zero-order valence-corrected chi connectivity index (χ0v) is 14.1. The summed E-state index contributed by atoms with van der Waals surface area (Å²) < 4.78 is 9.77. The van der Waals surface area contributed by atoms with Crippen molar-refractivity contribution in [1.29, 1.82) is 0 Å². The van der Waals surface area contributed by atoms with Crippen molar-refractivity contribution in [2.75, 3.05) is 11.9 Å². The summed E-state index contributed by atoms with van der Waals surface area (Å²) in [6.07, 6.45) is 3.38. The van der Waals surface area contributed by atoms with Crippen LogP contribution >= 0.6 is 11.3 Å². The summed E-state index contributed by atoms with van der Waals surface area (Å²) in [6.45, 7) is 1.31. The highest BCUT2D eigenvalue weighted by molar-refractivity contribution is 7.13. The Morgan fingerprint density at radius 1 is 1.40 bits per heavy atom. The van der Waals surface area contributed by atoms with E-state index in [-0.39, 0.29) is 12.2 Å². The summed E-state index contributed by atoms with van der Waals surface area (Å²) >= 11 is 1.42. The van der Waals surface area contributed by atoms with Gasteiger partial charge in [0.2, 0.25) is 0 Å². The van der Waals surface area contributed by atoms with E-state index in [0.717, 1.165) is 10.6 Å². The number of hydrogen-bond acceptors (Lipinski definition) is 8. The van der Waals surface area contributed by atoms with Gasteiger partial charge in [-0.3, -0.25) is 14.6 Å². The van der Waals surface area contributed by atoms with Crippen molar-refractivity contribution in [3.8, 4) is 10.6 Å². The highest BCUT2D eigenvalue weighted by atomic mass is 32.1. The summed E-state index contributed by atoms with van der Waals surface area (Å²) in [6, 6.07) is 5.28. The van der Waals surface area contributed by atoms with E-state index in [4.69, 9.17) is 9.26 Å². The first-order chi connectivity index (χ1) is 12.1. The van der Waals surface area contributed by atoms with Gasteiger partial charge < -0.3 is 14.6 Å². The van der Waals surface area contributed by atoms with Gasteiger partial charge in [0.05, 0.1) is 12.1 Å². The maximum Gasteiger partial charge on any atom is 0.312 e. The van der Waals surface area contributed by atoms with E-state index in [1.165, 1.54) is 11.3 Å². The van der Waals surface area contributed by atoms with Gasteiger partial charge in [-0.05, 0) is 19.1 Å². The van der Waals surface area contributed by atoms with Gasteiger partial charge in [0.25, 0.3) is 5.91 Å². The van der Waals surface area contributed by atoms with Crippen molar-refractivity contribution in [3.05, 3.63) is 47.4 Å². The highest BCUT2D eigenvalue weighted by Crippen LogP contribution is 2.22. The number of nitrogens with zero attached hydrogens (tertiary/aromatic N) is 3. The van der Waals surface area contributed by atoms with Gasteiger partial charge in [-0.15, -0.1) is 11.3 Å². The van der Waals surface area contributed by atoms with E-state index >= 15 is 0 Å². The SMILES string of the molecule is Cc1cc(NC(=O)COC(=O)Cc2csc(-c3cccnc3)n2)no1.